The van der Waals surface area contributed by atoms with Crippen LogP contribution < -0.4 is 10.1 Å². The molecule has 1 aliphatic heterocycles. The van der Waals surface area contributed by atoms with Crippen LogP contribution in [-0.2, 0) is 16.0 Å². The van der Waals surface area contributed by atoms with E-state index in [0.717, 1.165) is 23.9 Å². The molecule has 1 aromatic heterocycles. The van der Waals surface area contributed by atoms with E-state index in [-0.39, 0.29) is 29.4 Å². The summed E-state index contributed by atoms with van der Waals surface area (Å²) in [6.45, 7) is 8.21. The van der Waals surface area contributed by atoms with E-state index in [1.54, 1.807) is 0 Å². The number of benzene rings is 2. The van der Waals surface area contributed by atoms with Gasteiger partial charge in [0.15, 0.2) is 0 Å². The summed E-state index contributed by atoms with van der Waals surface area (Å²) < 4.78 is 49.9. The van der Waals surface area contributed by atoms with Crippen LogP contribution >= 0.6 is 0 Å². The molecule has 194 valence electrons. The van der Waals surface area contributed by atoms with Crippen molar-refractivity contribution in [2.75, 3.05) is 5.32 Å². The molecule has 2 aromatic carbocycles. The predicted molar refractivity (Wildman–Crippen MR) is 130 cm³/mol. The van der Waals surface area contributed by atoms with Gasteiger partial charge in [0.1, 0.15) is 5.75 Å². The molecule has 2 heterocycles. The molecular weight excluding hydrogens is 475 g/mol. The molecule has 1 fully saturated rings. The van der Waals surface area contributed by atoms with E-state index in [4.69, 9.17) is 14.8 Å². The maximum absolute atomic E-state index is 12.5. The number of carboxylic acids is 1. The summed E-state index contributed by atoms with van der Waals surface area (Å²) in [5.74, 6) is -0.631. The fourth-order valence-electron chi connectivity index (χ4n) is 5.10. The Morgan fingerprint density at radius 1 is 1.14 bits per heavy atom. The number of aliphatic carboxylic acids is 1. The van der Waals surface area contributed by atoms with Crippen LogP contribution in [0.3, 0.4) is 0 Å². The number of halogens is 3. The van der Waals surface area contributed by atoms with Crippen molar-refractivity contribution in [3.05, 3.63) is 48.0 Å². The molecule has 0 atom stereocenters. The first-order valence-electron chi connectivity index (χ1n) is 11.8. The molecule has 4 rings (SSSR count). The van der Waals surface area contributed by atoms with Gasteiger partial charge in [-0.2, -0.15) is 0 Å². The zero-order chi connectivity index (χ0) is 26.3. The highest BCUT2D eigenvalue weighted by atomic mass is 19.4. The molecule has 3 aromatic rings. The van der Waals surface area contributed by atoms with Gasteiger partial charge in [-0.3, -0.25) is 4.79 Å². The third-order valence-corrected chi connectivity index (χ3v) is 6.10. The van der Waals surface area contributed by atoms with Gasteiger partial charge in [-0.15, -0.1) is 13.2 Å². The maximum atomic E-state index is 12.5. The average Bonchev–Trinajstić information content (AvgIpc) is 3.07. The van der Waals surface area contributed by atoms with Gasteiger partial charge in [0, 0.05) is 18.2 Å². The number of nitrogens with zero attached hydrogens (tertiary/aromatic N) is 2. The molecule has 0 spiro atoms. The van der Waals surface area contributed by atoms with Crippen LogP contribution in [0.25, 0.3) is 11.0 Å². The second kappa shape index (κ2) is 9.31. The van der Waals surface area contributed by atoms with Crippen molar-refractivity contribution in [2.24, 2.45) is 0 Å². The van der Waals surface area contributed by atoms with Crippen LogP contribution in [0.5, 0.6) is 5.75 Å². The number of rotatable bonds is 7. The highest BCUT2D eigenvalue weighted by Gasteiger charge is 2.41. The van der Waals surface area contributed by atoms with Crippen molar-refractivity contribution in [3.63, 3.8) is 0 Å². The number of nitrogens with one attached hydrogen (secondary N) is 1. The number of anilines is 2. The number of aryl methyl sites for hydroxylation is 1. The van der Waals surface area contributed by atoms with E-state index in [0.29, 0.717) is 23.6 Å². The van der Waals surface area contributed by atoms with E-state index in [2.05, 4.69) is 42.3 Å². The average molecular weight is 506 g/mol. The molecule has 1 aliphatic rings. The summed E-state index contributed by atoms with van der Waals surface area (Å²) in [6.07, 6.45) is -2.89. The number of carboxylic acid groups (broad SMARTS) is 1. The summed E-state index contributed by atoms with van der Waals surface area (Å²) >= 11 is 0. The Morgan fingerprint density at radius 2 is 1.78 bits per heavy atom. The number of carbonyl (C=O) groups is 1. The molecule has 0 saturated carbocycles. The third kappa shape index (κ3) is 6.29. The molecule has 7 nitrogen and oxygen atoms in total. The molecule has 0 aliphatic carbocycles. The van der Waals surface area contributed by atoms with Crippen molar-refractivity contribution in [3.8, 4) is 5.75 Å². The Morgan fingerprint density at radius 3 is 2.36 bits per heavy atom. The molecule has 1 saturated heterocycles. The van der Waals surface area contributed by atoms with Crippen LogP contribution in [0.2, 0.25) is 0 Å². The molecule has 0 radical (unpaired) electrons. The summed E-state index contributed by atoms with van der Waals surface area (Å²) in [7, 11) is 0. The van der Waals surface area contributed by atoms with E-state index in [9.17, 15) is 18.0 Å². The molecule has 10 heteroatoms. The molecule has 36 heavy (non-hydrogen) atoms. The Hall–Kier alpha value is -3.27. The second-order valence-electron chi connectivity index (χ2n) is 10.4. The first-order valence-corrected chi connectivity index (χ1v) is 11.8. The van der Waals surface area contributed by atoms with E-state index < -0.39 is 12.3 Å². The lowest BCUT2D eigenvalue weighted by Crippen LogP contribution is -2.45. The van der Waals surface area contributed by atoms with Gasteiger partial charge >= 0.3 is 12.3 Å². The number of ether oxygens (including phenoxy) is 2. The fourth-order valence-corrected chi connectivity index (χ4v) is 5.10. The van der Waals surface area contributed by atoms with Gasteiger partial charge in [-0.1, -0.05) is 6.07 Å². The minimum atomic E-state index is -4.76. The van der Waals surface area contributed by atoms with E-state index >= 15 is 0 Å². The number of aromatic nitrogens is 2. The van der Waals surface area contributed by atoms with Crippen LogP contribution in [0.4, 0.5) is 24.8 Å². The lowest BCUT2D eigenvalue weighted by atomic mass is 9.85. The quantitative estimate of drug-likeness (QED) is 0.376. The number of hydrogen-bond acceptors (Lipinski definition) is 5. The minimum absolute atomic E-state index is 0.0199. The summed E-state index contributed by atoms with van der Waals surface area (Å²) in [5, 5.41) is 12.3. The van der Waals surface area contributed by atoms with Crippen molar-refractivity contribution in [1.29, 1.82) is 0 Å². The van der Waals surface area contributed by atoms with Crippen LogP contribution in [0.15, 0.2) is 42.5 Å². The number of alkyl halides is 3. The number of imidazole rings is 1. The van der Waals surface area contributed by atoms with Crippen molar-refractivity contribution in [1.82, 2.24) is 9.55 Å². The topological polar surface area (TPSA) is 85.6 Å². The van der Waals surface area contributed by atoms with Gasteiger partial charge in [-0.05, 0) is 88.9 Å². The largest absolute Gasteiger partial charge is 0.573 e. The Balaban J connectivity index is 1.72. The maximum Gasteiger partial charge on any atom is 0.573 e. The molecule has 0 bridgehead atoms. The van der Waals surface area contributed by atoms with Crippen LogP contribution in [0, 0.1) is 0 Å². The monoisotopic (exact) mass is 505 g/mol. The minimum Gasteiger partial charge on any atom is -0.481 e. The van der Waals surface area contributed by atoms with Gasteiger partial charge in [0.2, 0.25) is 5.95 Å². The molecule has 0 unspecified atom stereocenters. The standard InChI is InChI=1S/C26H30F3N3O4/c1-24(2)14-18(15-25(3,4)36-24)32-21-11-5-16(6-12-22(33)34)13-20(21)31-23(32)30-17-7-9-19(10-8-17)35-26(27,28)29/h5,7-11,13,18H,6,12,14-15H2,1-4H3,(H,30,31)(H,33,34). The molecule has 0 amide bonds. The zero-order valence-electron chi connectivity index (χ0n) is 20.6. The van der Waals surface area contributed by atoms with Crippen molar-refractivity contribution in [2.45, 2.75) is 77.0 Å². The fraction of sp³-hybridized carbons (Fsp3) is 0.462. The lowest BCUT2D eigenvalue weighted by molar-refractivity contribution is -0.274. The normalized spacial score (nSPS) is 17.8. The Bertz CT molecular complexity index is 1230. The van der Waals surface area contributed by atoms with Gasteiger partial charge in [0.25, 0.3) is 0 Å². The van der Waals surface area contributed by atoms with Crippen molar-refractivity contribution >= 4 is 28.6 Å². The second-order valence-corrected chi connectivity index (χ2v) is 10.4. The van der Waals surface area contributed by atoms with Crippen LogP contribution in [-0.4, -0.2) is 38.2 Å². The van der Waals surface area contributed by atoms with E-state index in [1.165, 1.54) is 24.3 Å². The summed E-state index contributed by atoms with van der Waals surface area (Å²) in [4.78, 5) is 15.8. The first kappa shape index (κ1) is 25.8. The van der Waals surface area contributed by atoms with Crippen LogP contribution in [0.1, 0.15) is 58.6 Å². The Kier molecular flexibility index (Phi) is 6.68. The first-order chi connectivity index (χ1) is 16.7. The Labute approximate surface area is 207 Å². The third-order valence-electron chi connectivity index (χ3n) is 6.10. The number of fused-ring (bicyclic) bond motifs is 1. The zero-order valence-corrected chi connectivity index (χ0v) is 20.6. The predicted octanol–water partition coefficient (Wildman–Crippen LogP) is 6.60. The summed E-state index contributed by atoms with van der Waals surface area (Å²) in [6, 6.07) is 11.3. The van der Waals surface area contributed by atoms with Gasteiger partial charge in [0.05, 0.1) is 22.2 Å². The SMILES string of the molecule is CC1(C)CC(n2c(Nc3ccc(OC(F)(F)F)cc3)nc3cc(CCC(=O)O)ccc32)CC(C)(C)O1. The molecule has 2 N–H and O–H groups in total. The number of hydrogen-bond donors (Lipinski definition) is 2. The van der Waals surface area contributed by atoms with Gasteiger partial charge < -0.3 is 24.5 Å². The lowest BCUT2D eigenvalue weighted by Gasteiger charge is -2.46. The molecular formula is C26H30F3N3O4. The van der Waals surface area contributed by atoms with Gasteiger partial charge in [-0.25, -0.2) is 4.98 Å². The highest BCUT2D eigenvalue weighted by Crippen LogP contribution is 2.43. The van der Waals surface area contributed by atoms with E-state index in [1.807, 2.05) is 18.2 Å². The smallest absolute Gasteiger partial charge is 0.481 e. The highest BCUT2D eigenvalue weighted by molar-refractivity contribution is 5.81. The summed E-state index contributed by atoms with van der Waals surface area (Å²) in [5.41, 5.74) is 2.25. The van der Waals surface area contributed by atoms with Crippen molar-refractivity contribution < 1.29 is 32.5 Å².